The summed E-state index contributed by atoms with van der Waals surface area (Å²) in [5.41, 5.74) is 7.67. The zero-order chi connectivity index (χ0) is 26.2. The molecule has 0 amide bonds. The van der Waals surface area contributed by atoms with Gasteiger partial charge in [-0.15, -0.1) is 0 Å². The molecular weight excluding hydrogens is 506 g/mol. The summed E-state index contributed by atoms with van der Waals surface area (Å²) in [6, 6.07) is 45.1. The van der Waals surface area contributed by atoms with Gasteiger partial charge in [-0.25, -0.2) is 9.97 Å². The van der Waals surface area contributed by atoms with Crippen LogP contribution >= 0.6 is 11.8 Å². The zero-order valence-electron chi connectivity index (χ0n) is 21.4. The Balaban J connectivity index is 1.48. The average Bonchev–Trinajstić information content (AvgIpc) is 3.36. The van der Waals surface area contributed by atoms with E-state index in [1.54, 1.807) is 0 Å². The van der Waals surface area contributed by atoms with Gasteiger partial charge >= 0.3 is 0 Å². The number of rotatable bonds is 3. The molecule has 0 saturated carbocycles. The number of nitrogens with zero attached hydrogens (tertiary/aromatic N) is 3. The smallest absolute Gasteiger partial charge is 0.235 e. The SMILES string of the molecule is c1ccc(-c2nc(-n3c4cccc5c4c4c6c(cccc6c(-c6ccccc6)cc43)S5)nc3ccccc23)cc1. The molecule has 0 fully saturated rings. The van der Waals surface area contributed by atoms with Crippen LogP contribution in [0.3, 0.4) is 0 Å². The molecule has 1 aliphatic heterocycles. The second-order valence-corrected chi connectivity index (χ2v) is 11.3. The van der Waals surface area contributed by atoms with Crippen molar-refractivity contribution in [3.05, 3.63) is 127 Å². The van der Waals surface area contributed by atoms with E-state index in [0.29, 0.717) is 5.95 Å². The van der Waals surface area contributed by atoms with Crippen LogP contribution in [0.1, 0.15) is 0 Å². The lowest BCUT2D eigenvalue weighted by Crippen LogP contribution is -2.03. The molecule has 1 aliphatic rings. The summed E-state index contributed by atoms with van der Waals surface area (Å²) in [7, 11) is 0. The van der Waals surface area contributed by atoms with Crippen molar-refractivity contribution < 1.29 is 0 Å². The molecule has 0 radical (unpaired) electrons. The van der Waals surface area contributed by atoms with Gasteiger partial charge in [0.15, 0.2) is 0 Å². The molecule has 0 aliphatic carbocycles. The molecular formula is C36H21N3S. The normalized spacial score (nSPS) is 12.4. The van der Waals surface area contributed by atoms with E-state index in [2.05, 4.69) is 126 Å². The topological polar surface area (TPSA) is 30.7 Å². The lowest BCUT2D eigenvalue weighted by molar-refractivity contribution is 1.01. The summed E-state index contributed by atoms with van der Waals surface area (Å²) in [5, 5.41) is 6.21. The third kappa shape index (κ3) is 3.02. The molecule has 0 atom stereocenters. The minimum absolute atomic E-state index is 0.692. The van der Waals surface area contributed by atoms with Gasteiger partial charge in [0.1, 0.15) is 0 Å². The maximum absolute atomic E-state index is 5.29. The molecule has 3 heterocycles. The maximum Gasteiger partial charge on any atom is 0.235 e. The Hall–Kier alpha value is -4.93. The second kappa shape index (κ2) is 8.28. The predicted molar refractivity (Wildman–Crippen MR) is 166 cm³/mol. The van der Waals surface area contributed by atoms with Crippen LogP contribution in [-0.2, 0) is 0 Å². The van der Waals surface area contributed by atoms with Gasteiger partial charge in [-0.1, -0.05) is 109 Å². The van der Waals surface area contributed by atoms with Gasteiger partial charge in [0, 0.05) is 36.9 Å². The van der Waals surface area contributed by atoms with Crippen molar-refractivity contribution in [2.24, 2.45) is 0 Å². The molecule has 4 heteroatoms. The Labute approximate surface area is 234 Å². The lowest BCUT2D eigenvalue weighted by Gasteiger charge is -2.17. The van der Waals surface area contributed by atoms with Crippen LogP contribution in [0.5, 0.6) is 0 Å². The summed E-state index contributed by atoms with van der Waals surface area (Å²) in [6.07, 6.45) is 0. The van der Waals surface area contributed by atoms with Crippen LogP contribution in [0, 0.1) is 0 Å². The van der Waals surface area contributed by atoms with Crippen LogP contribution in [0.2, 0.25) is 0 Å². The monoisotopic (exact) mass is 527 g/mol. The Morgan fingerprint density at radius 2 is 1.18 bits per heavy atom. The van der Waals surface area contributed by atoms with Gasteiger partial charge in [-0.2, -0.15) is 0 Å². The molecule has 2 aromatic heterocycles. The standard InChI is InChI=1S/C36H21N3S/c1-3-11-22(12-4-1)26-21-29-34-32-24(26)16-9-19-30(32)40-31-20-10-18-28(33(31)34)39(29)36-37-27-17-8-7-15-25(27)35(38-36)23-13-5-2-6-14-23/h1-21H. The van der Waals surface area contributed by atoms with E-state index in [1.165, 1.54) is 42.5 Å². The van der Waals surface area contributed by atoms with Crippen LogP contribution in [-0.4, -0.2) is 14.5 Å². The summed E-state index contributed by atoms with van der Waals surface area (Å²) >= 11 is 1.86. The maximum atomic E-state index is 5.29. The first-order valence-electron chi connectivity index (χ1n) is 13.4. The molecule has 8 aromatic rings. The number of hydrogen-bond donors (Lipinski definition) is 0. The largest absolute Gasteiger partial charge is 0.278 e. The first kappa shape index (κ1) is 21.9. The Morgan fingerprint density at radius 1 is 0.500 bits per heavy atom. The summed E-state index contributed by atoms with van der Waals surface area (Å²) in [5.74, 6) is 0.692. The highest BCUT2D eigenvalue weighted by atomic mass is 32.2. The average molecular weight is 528 g/mol. The van der Waals surface area contributed by atoms with Crippen molar-refractivity contribution in [1.82, 2.24) is 14.5 Å². The molecule has 0 N–H and O–H groups in total. The Morgan fingerprint density at radius 3 is 2.00 bits per heavy atom. The van der Waals surface area contributed by atoms with Crippen molar-refractivity contribution in [1.29, 1.82) is 0 Å². The number of benzene rings is 6. The van der Waals surface area contributed by atoms with Gasteiger partial charge < -0.3 is 0 Å². The van der Waals surface area contributed by atoms with Gasteiger partial charge in [0.2, 0.25) is 5.95 Å². The highest BCUT2D eigenvalue weighted by Gasteiger charge is 2.26. The van der Waals surface area contributed by atoms with Crippen LogP contribution in [0.4, 0.5) is 0 Å². The fraction of sp³-hybridized carbons (Fsp3) is 0. The second-order valence-electron chi connectivity index (χ2n) is 10.2. The summed E-state index contributed by atoms with van der Waals surface area (Å²) in [6.45, 7) is 0. The zero-order valence-corrected chi connectivity index (χ0v) is 22.2. The Bertz CT molecular complexity index is 2290. The van der Waals surface area contributed by atoms with E-state index in [1.807, 2.05) is 17.8 Å². The van der Waals surface area contributed by atoms with Crippen molar-refractivity contribution in [3.63, 3.8) is 0 Å². The predicted octanol–water partition coefficient (Wildman–Crippen LogP) is 9.68. The quantitative estimate of drug-likeness (QED) is 0.229. The number of aromatic nitrogens is 3. The van der Waals surface area contributed by atoms with Gasteiger partial charge in [0.05, 0.1) is 22.2 Å². The fourth-order valence-electron chi connectivity index (χ4n) is 6.29. The molecule has 0 bridgehead atoms. The lowest BCUT2D eigenvalue weighted by atomic mass is 9.94. The molecule has 6 aromatic carbocycles. The van der Waals surface area contributed by atoms with E-state index in [0.717, 1.165) is 33.2 Å². The van der Waals surface area contributed by atoms with E-state index >= 15 is 0 Å². The highest BCUT2D eigenvalue weighted by Crippen LogP contribution is 2.51. The molecule has 9 rings (SSSR count). The minimum atomic E-state index is 0.692. The molecule has 186 valence electrons. The molecule has 40 heavy (non-hydrogen) atoms. The molecule has 0 saturated heterocycles. The third-order valence-electron chi connectivity index (χ3n) is 7.98. The van der Waals surface area contributed by atoms with Crippen molar-refractivity contribution in [2.75, 3.05) is 0 Å². The first-order valence-corrected chi connectivity index (χ1v) is 14.3. The Kier molecular flexibility index (Phi) is 4.54. The van der Waals surface area contributed by atoms with Crippen LogP contribution < -0.4 is 0 Å². The van der Waals surface area contributed by atoms with E-state index in [4.69, 9.17) is 9.97 Å². The van der Waals surface area contributed by atoms with Gasteiger partial charge in [0.25, 0.3) is 0 Å². The fourth-order valence-corrected chi connectivity index (χ4v) is 7.44. The highest BCUT2D eigenvalue weighted by molar-refractivity contribution is 8.00. The van der Waals surface area contributed by atoms with Crippen molar-refractivity contribution in [3.8, 4) is 28.3 Å². The van der Waals surface area contributed by atoms with Gasteiger partial charge in [-0.3, -0.25) is 4.57 Å². The minimum Gasteiger partial charge on any atom is -0.278 e. The molecule has 0 unspecified atom stereocenters. The van der Waals surface area contributed by atoms with Crippen LogP contribution in [0.25, 0.3) is 71.8 Å². The van der Waals surface area contributed by atoms with E-state index < -0.39 is 0 Å². The number of fused-ring (bicyclic) bond motifs is 1. The van der Waals surface area contributed by atoms with Crippen molar-refractivity contribution in [2.45, 2.75) is 9.79 Å². The number of hydrogen-bond acceptors (Lipinski definition) is 3. The number of para-hydroxylation sites is 1. The van der Waals surface area contributed by atoms with Crippen LogP contribution in [0.15, 0.2) is 137 Å². The van der Waals surface area contributed by atoms with Gasteiger partial charge in [-0.05, 0) is 46.8 Å². The molecule has 0 spiro atoms. The molecule has 3 nitrogen and oxygen atoms in total. The van der Waals surface area contributed by atoms with Crippen molar-refractivity contribution >= 4 is 55.2 Å². The first-order chi connectivity index (χ1) is 19.8. The summed E-state index contributed by atoms with van der Waals surface area (Å²) in [4.78, 5) is 13.0. The van der Waals surface area contributed by atoms with E-state index in [9.17, 15) is 0 Å². The summed E-state index contributed by atoms with van der Waals surface area (Å²) < 4.78 is 2.28. The van der Waals surface area contributed by atoms with E-state index in [-0.39, 0.29) is 0 Å². The third-order valence-corrected chi connectivity index (χ3v) is 9.10.